The fraction of sp³-hybridized carbons (Fsp3) is 0.379. The van der Waals surface area contributed by atoms with Crippen molar-refractivity contribution < 1.29 is 4.12 Å². The Bertz CT molecular complexity index is 819. The fourth-order valence-electron chi connectivity index (χ4n) is 4.71. The van der Waals surface area contributed by atoms with E-state index in [0.29, 0.717) is 0 Å². The van der Waals surface area contributed by atoms with Crippen molar-refractivity contribution >= 4 is 17.7 Å². The van der Waals surface area contributed by atoms with Crippen LogP contribution in [0.4, 0.5) is 0 Å². The molecule has 0 saturated carbocycles. The first kappa shape index (κ1) is 26.6. The summed E-state index contributed by atoms with van der Waals surface area (Å²) in [7, 11) is -3.62. The first-order valence-electron chi connectivity index (χ1n) is 12.8. The smallest absolute Gasteiger partial charge is 0.396 e. The molecule has 0 unspecified atom stereocenters. The molecule has 0 aliphatic rings. The lowest BCUT2D eigenvalue weighted by Gasteiger charge is -2.42. The van der Waals surface area contributed by atoms with Crippen LogP contribution >= 0.6 is 0 Å². The van der Waals surface area contributed by atoms with E-state index in [2.05, 4.69) is 128 Å². The van der Waals surface area contributed by atoms with Gasteiger partial charge in [-0.1, -0.05) is 119 Å². The van der Waals surface area contributed by atoms with E-state index in [-0.39, 0.29) is 0 Å². The molecule has 0 aliphatic carbocycles. The minimum Gasteiger partial charge on any atom is -0.431 e. The van der Waals surface area contributed by atoms with Crippen molar-refractivity contribution in [1.82, 2.24) is 9.13 Å². The molecule has 0 saturated heterocycles. The first-order valence-corrected chi connectivity index (χ1v) is 16.6. The number of hydrogen-bond acceptors (Lipinski definition) is 3. The zero-order valence-corrected chi connectivity index (χ0v) is 23.4. The van der Waals surface area contributed by atoms with Gasteiger partial charge < -0.3 is 4.12 Å². The number of hydrogen-bond donors (Lipinski definition) is 0. The average Bonchev–Trinajstić information content (AvgIpc) is 2.87. The predicted octanol–water partition coefficient (Wildman–Crippen LogP) is 5.96. The molecule has 3 aromatic carbocycles. The molecule has 0 aliphatic heterocycles. The van der Waals surface area contributed by atoms with E-state index in [9.17, 15) is 0 Å². The molecule has 0 N–H and O–H groups in total. The topological polar surface area (TPSA) is 15.7 Å². The number of benzene rings is 3. The summed E-state index contributed by atoms with van der Waals surface area (Å²) >= 11 is 0. The molecular weight excluding hydrogens is 449 g/mol. The molecule has 0 fully saturated rings. The minimum absolute atomic E-state index is 1.02. The van der Waals surface area contributed by atoms with Gasteiger partial charge in [0.25, 0.3) is 0 Å². The molecule has 0 aromatic heterocycles. The van der Waals surface area contributed by atoms with E-state index in [4.69, 9.17) is 4.12 Å². The summed E-state index contributed by atoms with van der Waals surface area (Å²) in [6, 6.07) is 36.1. The van der Waals surface area contributed by atoms with E-state index in [1.165, 1.54) is 16.7 Å². The molecule has 3 rings (SSSR count). The summed E-state index contributed by atoms with van der Waals surface area (Å²) in [5, 5.41) is 0. The van der Waals surface area contributed by atoms with Crippen LogP contribution in [0.2, 0.25) is 0 Å². The van der Waals surface area contributed by atoms with E-state index < -0.39 is 17.7 Å². The van der Waals surface area contributed by atoms with E-state index in [1.807, 2.05) is 0 Å². The van der Waals surface area contributed by atoms with Gasteiger partial charge in [0.15, 0.2) is 8.32 Å². The van der Waals surface area contributed by atoms with Crippen LogP contribution in [0.3, 0.4) is 0 Å². The van der Waals surface area contributed by atoms with Crippen molar-refractivity contribution in [1.29, 1.82) is 0 Å². The van der Waals surface area contributed by atoms with Crippen LogP contribution in [-0.4, -0.2) is 53.0 Å². The SMILES string of the molecule is CCN(CC)[Si](O[Si](Cc1ccccc1)(Cc1ccccc1)Cc1ccccc1)N(CC)CC. The Morgan fingerprint density at radius 2 is 0.824 bits per heavy atom. The molecule has 181 valence electrons. The molecule has 0 heterocycles. The summed E-state index contributed by atoms with van der Waals surface area (Å²) < 4.78 is 12.8. The van der Waals surface area contributed by atoms with Crippen molar-refractivity contribution in [3.8, 4) is 0 Å². The van der Waals surface area contributed by atoms with Crippen molar-refractivity contribution in [2.45, 2.75) is 45.8 Å². The highest BCUT2D eigenvalue weighted by Gasteiger charge is 2.42. The monoisotopic (exact) mass is 489 g/mol. The van der Waals surface area contributed by atoms with Crippen LogP contribution in [0.25, 0.3) is 0 Å². The summed E-state index contributed by atoms with van der Waals surface area (Å²) in [4.78, 5) is 0. The molecule has 3 nitrogen and oxygen atoms in total. The third-order valence-corrected chi connectivity index (χ3v) is 14.5. The third-order valence-electron chi connectivity index (χ3n) is 6.48. The lowest BCUT2D eigenvalue weighted by atomic mass is 10.2. The van der Waals surface area contributed by atoms with Crippen molar-refractivity contribution in [2.75, 3.05) is 26.2 Å². The van der Waals surface area contributed by atoms with E-state index in [1.54, 1.807) is 0 Å². The number of rotatable bonds is 14. The largest absolute Gasteiger partial charge is 0.431 e. The Labute approximate surface area is 210 Å². The van der Waals surface area contributed by atoms with Gasteiger partial charge in [0, 0.05) is 0 Å². The van der Waals surface area contributed by atoms with Crippen LogP contribution in [0.15, 0.2) is 91.0 Å². The zero-order chi connectivity index (χ0) is 24.2. The molecule has 34 heavy (non-hydrogen) atoms. The van der Waals surface area contributed by atoms with Crippen LogP contribution in [0.5, 0.6) is 0 Å². The lowest BCUT2D eigenvalue weighted by Crippen LogP contribution is -2.62. The molecular formula is C29H41N2OSi2. The lowest BCUT2D eigenvalue weighted by molar-refractivity contribution is 0.290. The van der Waals surface area contributed by atoms with Crippen molar-refractivity contribution in [2.24, 2.45) is 0 Å². The Hall–Kier alpha value is -2.03. The quantitative estimate of drug-likeness (QED) is 0.260. The summed E-state index contributed by atoms with van der Waals surface area (Å²) in [6.45, 7) is 13.2. The van der Waals surface area contributed by atoms with E-state index in [0.717, 1.165) is 44.3 Å². The Balaban J connectivity index is 2.10. The highest BCUT2D eigenvalue weighted by atomic mass is 28.4. The first-order chi connectivity index (χ1) is 16.6. The normalized spacial score (nSPS) is 12.1. The average molecular weight is 490 g/mol. The summed E-state index contributed by atoms with van der Waals surface area (Å²) in [5.74, 6) is 0. The molecule has 0 amide bonds. The van der Waals surface area contributed by atoms with Gasteiger partial charge in [0.1, 0.15) is 0 Å². The van der Waals surface area contributed by atoms with Crippen LogP contribution < -0.4 is 0 Å². The van der Waals surface area contributed by atoms with Gasteiger partial charge in [-0.3, -0.25) is 9.13 Å². The maximum absolute atomic E-state index is 7.63. The summed E-state index contributed by atoms with van der Waals surface area (Å²) in [6.07, 6.45) is 0. The third kappa shape index (κ3) is 7.49. The molecule has 0 spiro atoms. The maximum atomic E-state index is 7.63. The van der Waals surface area contributed by atoms with Crippen LogP contribution in [0.1, 0.15) is 44.4 Å². The minimum atomic E-state index is -2.31. The molecule has 3 aromatic rings. The molecule has 1 radical (unpaired) electrons. The van der Waals surface area contributed by atoms with Gasteiger partial charge in [-0.25, -0.2) is 0 Å². The Morgan fingerprint density at radius 3 is 1.09 bits per heavy atom. The van der Waals surface area contributed by atoms with Gasteiger partial charge in [-0.2, -0.15) is 0 Å². The zero-order valence-electron chi connectivity index (χ0n) is 21.4. The summed E-state index contributed by atoms with van der Waals surface area (Å²) in [5.41, 5.74) is 4.17. The van der Waals surface area contributed by atoms with Crippen LogP contribution in [-0.2, 0) is 22.2 Å². The van der Waals surface area contributed by atoms with Gasteiger partial charge >= 0.3 is 9.36 Å². The Kier molecular flexibility index (Phi) is 10.8. The second-order valence-corrected chi connectivity index (χ2v) is 15.0. The van der Waals surface area contributed by atoms with Crippen molar-refractivity contribution in [3.63, 3.8) is 0 Å². The maximum Gasteiger partial charge on any atom is 0.396 e. The second-order valence-electron chi connectivity index (χ2n) is 8.90. The highest BCUT2D eigenvalue weighted by molar-refractivity contribution is 6.78. The molecule has 0 atom stereocenters. The fourth-order valence-corrected chi connectivity index (χ4v) is 13.0. The van der Waals surface area contributed by atoms with Crippen molar-refractivity contribution in [3.05, 3.63) is 108 Å². The van der Waals surface area contributed by atoms with Gasteiger partial charge in [-0.05, 0) is 61.0 Å². The van der Waals surface area contributed by atoms with Gasteiger partial charge in [0.2, 0.25) is 0 Å². The van der Waals surface area contributed by atoms with Gasteiger partial charge in [-0.15, -0.1) is 0 Å². The van der Waals surface area contributed by atoms with Gasteiger partial charge in [0.05, 0.1) is 0 Å². The predicted molar refractivity (Wildman–Crippen MR) is 149 cm³/mol. The van der Waals surface area contributed by atoms with Crippen LogP contribution in [0, 0.1) is 0 Å². The molecule has 5 heteroatoms. The Morgan fingerprint density at radius 1 is 0.529 bits per heavy atom. The second kappa shape index (κ2) is 13.8. The molecule has 0 bridgehead atoms. The standard InChI is InChI=1S/C29H41N2OSi2/c1-5-30(6-2)33(31(7-3)8-4)32-34(24-27-18-12-9-13-19-27,25-28-20-14-10-15-21-28)26-29-22-16-11-17-23-29/h9-23H,5-8,24-26H2,1-4H3. The number of nitrogens with zero attached hydrogens (tertiary/aromatic N) is 2. The van der Waals surface area contributed by atoms with E-state index >= 15 is 0 Å². The highest BCUT2D eigenvalue weighted by Crippen LogP contribution is 2.26.